The Morgan fingerprint density at radius 1 is 0.875 bits per heavy atom. The number of hydrogen-bond acceptors (Lipinski definition) is 3. The Bertz CT molecular complexity index is 933. The summed E-state index contributed by atoms with van der Waals surface area (Å²) in [6.45, 7) is 6.41. The van der Waals surface area contributed by atoms with Gasteiger partial charge in [0.25, 0.3) is 6.36 Å². The summed E-state index contributed by atoms with van der Waals surface area (Å²) < 4.78 is 22.7. The van der Waals surface area contributed by atoms with Crippen LogP contribution in [0, 0.1) is 5.41 Å². The first-order valence-corrected chi connectivity index (χ1v) is 11.2. The average molecular weight is 450 g/mol. The smallest absolute Gasteiger partial charge is 0.267 e. The summed E-state index contributed by atoms with van der Waals surface area (Å²) in [6, 6.07) is 27.2. The Labute approximate surface area is 193 Å². The summed E-state index contributed by atoms with van der Waals surface area (Å²) in [4.78, 5) is 0. The fourth-order valence-corrected chi connectivity index (χ4v) is 4.30. The van der Waals surface area contributed by atoms with Crippen LogP contribution >= 0.6 is 0 Å². The first-order valence-electron chi connectivity index (χ1n) is 10.8. The molecule has 1 aliphatic heterocycles. The van der Waals surface area contributed by atoms with E-state index in [1.807, 2.05) is 66.7 Å². The van der Waals surface area contributed by atoms with Crippen LogP contribution in [0.5, 0.6) is 5.75 Å². The average Bonchev–Trinajstić information content (AvgIpc) is 2.77. The van der Waals surface area contributed by atoms with Crippen LogP contribution in [0.15, 0.2) is 84.9 Å². The third kappa shape index (κ3) is 5.85. The first kappa shape index (κ1) is 24.2. The molecule has 0 saturated carbocycles. The Morgan fingerprint density at radius 3 is 1.78 bits per heavy atom. The molecular weight excluding hydrogens is 419 g/mol. The lowest BCUT2D eigenvalue weighted by molar-refractivity contribution is 0.0194. The predicted molar refractivity (Wildman–Crippen MR) is 126 cm³/mol. The molecule has 0 aliphatic carbocycles. The SMILES string of the molecule is CC(C)(C)CC(O)CC(O[Si])(c1ccccc1)c1ccccc1.FC1Oc2ccccc21. The lowest BCUT2D eigenvalue weighted by atomic mass is 9.78. The lowest BCUT2D eigenvalue weighted by Gasteiger charge is -2.37. The second-order valence-electron chi connectivity index (χ2n) is 9.26. The first-order chi connectivity index (χ1) is 15.2. The zero-order chi connectivity index (χ0) is 23.2. The van der Waals surface area contributed by atoms with Crippen molar-refractivity contribution in [1.29, 1.82) is 0 Å². The van der Waals surface area contributed by atoms with Gasteiger partial charge in [0.05, 0.1) is 11.7 Å². The van der Waals surface area contributed by atoms with E-state index in [4.69, 9.17) is 4.43 Å². The van der Waals surface area contributed by atoms with Crippen molar-refractivity contribution in [2.45, 2.75) is 51.7 Å². The maximum atomic E-state index is 12.3. The van der Waals surface area contributed by atoms with E-state index in [9.17, 15) is 9.50 Å². The van der Waals surface area contributed by atoms with E-state index >= 15 is 0 Å². The van der Waals surface area contributed by atoms with Crippen molar-refractivity contribution in [2.75, 3.05) is 0 Å². The molecule has 32 heavy (non-hydrogen) atoms. The van der Waals surface area contributed by atoms with Gasteiger partial charge in [-0.15, -0.1) is 0 Å². The number of aliphatic hydroxyl groups excluding tert-OH is 1. The highest BCUT2D eigenvalue weighted by Gasteiger charge is 2.37. The number of para-hydroxylation sites is 1. The van der Waals surface area contributed by atoms with Gasteiger partial charge >= 0.3 is 0 Å². The van der Waals surface area contributed by atoms with E-state index < -0.39 is 18.1 Å². The molecule has 1 aliphatic rings. The van der Waals surface area contributed by atoms with E-state index in [1.165, 1.54) is 0 Å². The fraction of sp³-hybridized carbons (Fsp3) is 0.333. The number of aliphatic hydroxyl groups is 1. The molecule has 2 unspecified atom stereocenters. The molecule has 5 heteroatoms. The Hall–Kier alpha value is -2.47. The van der Waals surface area contributed by atoms with Crippen molar-refractivity contribution in [3.05, 3.63) is 102 Å². The van der Waals surface area contributed by atoms with E-state index in [2.05, 4.69) is 36.0 Å². The van der Waals surface area contributed by atoms with Crippen LogP contribution in [-0.4, -0.2) is 21.7 Å². The zero-order valence-corrected chi connectivity index (χ0v) is 19.8. The highest BCUT2D eigenvalue weighted by molar-refractivity contribution is 5.98. The monoisotopic (exact) mass is 449 g/mol. The third-order valence-corrected chi connectivity index (χ3v) is 5.77. The van der Waals surface area contributed by atoms with Gasteiger partial charge in [-0.1, -0.05) is 93.6 Å². The second-order valence-corrected chi connectivity index (χ2v) is 9.46. The van der Waals surface area contributed by atoms with Gasteiger partial charge in [0, 0.05) is 6.42 Å². The van der Waals surface area contributed by atoms with Gasteiger partial charge in [-0.05, 0) is 35.1 Å². The van der Waals surface area contributed by atoms with Gasteiger partial charge in [0.2, 0.25) is 10.5 Å². The van der Waals surface area contributed by atoms with Crippen molar-refractivity contribution >= 4 is 10.5 Å². The topological polar surface area (TPSA) is 38.7 Å². The van der Waals surface area contributed by atoms with E-state index in [0.29, 0.717) is 24.2 Å². The van der Waals surface area contributed by atoms with Crippen LogP contribution in [-0.2, 0) is 10.0 Å². The molecular formula is C27H30FO3Si. The maximum Gasteiger partial charge on any atom is 0.267 e. The largest absolute Gasteiger partial charge is 0.455 e. The highest BCUT2D eigenvalue weighted by Crippen LogP contribution is 2.40. The van der Waals surface area contributed by atoms with Gasteiger partial charge in [-0.2, -0.15) is 4.39 Å². The number of benzene rings is 3. The summed E-state index contributed by atoms with van der Waals surface area (Å²) in [5, 5.41) is 10.7. The molecule has 0 aromatic heterocycles. The van der Waals surface area contributed by atoms with Crippen molar-refractivity contribution in [1.82, 2.24) is 0 Å². The molecule has 167 valence electrons. The van der Waals surface area contributed by atoms with Gasteiger partial charge in [0.15, 0.2) is 0 Å². The van der Waals surface area contributed by atoms with Crippen molar-refractivity contribution in [2.24, 2.45) is 5.41 Å². The zero-order valence-electron chi connectivity index (χ0n) is 18.8. The Balaban J connectivity index is 0.000000264. The highest BCUT2D eigenvalue weighted by atomic mass is 28.2. The van der Waals surface area contributed by atoms with Crippen molar-refractivity contribution in [3.63, 3.8) is 0 Å². The predicted octanol–water partition coefficient (Wildman–Crippen LogP) is 6.26. The van der Waals surface area contributed by atoms with Gasteiger partial charge in [-0.25, -0.2) is 0 Å². The van der Waals surface area contributed by atoms with Crippen LogP contribution < -0.4 is 4.74 Å². The Kier molecular flexibility index (Phi) is 7.88. The molecule has 3 aromatic carbocycles. The normalized spacial score (nSPS) is 16.0. The summed E-state index contributed by atoms with van der Waals surface area (Å²) >= 11 is 0. The minimum Gasteiger partial charge on any atom is -0.455 e. The van der Waals surface area contributed by atoms with Crippen molar-refractivity contribution < 1.29 is 18.7 Å². The van der Waals surface area contributed by atoms with Crippen LogP contribution in [0.3, 0.4) is 0 Å². The second kappa shape index (κ2) is 10.4. The molecule has 3 nitrogen and oxygen atoms in total. The van der Waals surface area contributed by atoms with Gasteiger partial charge in [-0.3, -0.25) is 0 Å². The molecule has 3 radical (unpaired) electrons. The minimum absolute atomic E-state index is 0.0598. The van der Waals surface area contributed by atoms with Crippen molar-refractivity contribution in [3.8, 4) is 5.75 Å². The molecule has 0 fully saturated rings. The summed E-state index contributed by atoms with van der Waals surface area (Å²) in [6.07, 6.45) is -0.445. The molecule has 0 amide bonds. The molecule has 2 atom stereocenters. The third-order valence-electron chi connectivity index (χ3n) is 5.42. The summed E-state index contributed by atoms with van der Waals surface area (Å²) in [5.74, 6) is 0.671. The van der Waals surface area contributed by atoms with Crippen LogP contribution in [0.4, 0.5) is 4.39 Å². The number of rotatable bonds is 6. The molecule has 4 rings (SSSR count). The quantitative estimate of drug-likeness (QED) is 0.451. The summed E-state index contributed by atoms with van der Waals surface area (Å²) in [7, 11) is 3.30. The van der Waals surface area contributed by atoms with Gasteiger partial charge < -0.3 is 14.3 Å². The van der Waals surface area contributed by atoms with E-state index in [-0.39, 0.29) is 5.41 Å². The molecule has 0 bridgehead atoms. The molecule has 0 spiro atoms. The van der Waals surface area contributed by atoms with Crippen LogP contribution in [0.1, 0.15) is 56.7 Å². The minimum atomic E-state index is -1.18. The summed E-state index contributed by atoms with van der Waals surface area (Å²) in [5.41, 5.74) is 2.05. The molecule has 1 N–H and O–H groups in total. The lowest BCUT2D eigenvalue weighted by Crippen LogP contribution is -2.36. The molecule has 1 heterocycles. The fourth-order valence-electron chi connectivity index (χ4n) is 3.98. The molecule has 0 saturated heterocycles. The molecule has 3 aromatic rings. The van der Waals surface area contributed by atoms with Gasteiger partial charge in [0.1, 0.15) is 11.4 Å². The maximum absolute atomic E-state index is 12.3. The van der Waals surface area contributed by atoms with E-state index in [1.54, 1.807) is 18.2 Å². The number of ether oxygens (including phenoxy) is 1. The van der Waals surface area contributed by atoms with E-state index in [0.717, 1.165) is 11.1 Å². The Morgan fingerprint density at radius 2 is 1.38 bits per heavy atom. The van der Waals surface area contributed by atoms with Crippen LogP contribution in [0.25, 0.3) is 0 Å². The number of alkyl halides is 1. The standard InChI is InChI=1S/C20H25O2Si.C7H5FO/c1-19(2,3)14-18(21)15-20(22-23,16-10-6-4-7-11-16)17-12-8-5-9-13-17;8-7-5-3-1-2-4-6(5)9-7/h4-13,18,21H,14-15H2,1-3H3;1-4,7H. The van der Waals surface area contributed by atoms with Crippen LogP contribution in [0.2, 0.25) is 0 Å². The number of fused-ring (bicyclic) bond motifs is 1. The number of halogens is 1. The number of hydrogen-bond donors (Lipinski definition) is 1.